The Labute approximate surface area is 90.2 Å². The van der Waals surface area contributed by atoms with Crippen LogP contribution in [-0.2, 0) is 6.42 Å². The molecule has 15 heavy (non-hydrogen) atoms. The van der Waals surface area contributed by atoms with Crippen LogP contribution in [0, 0.1) is 5.92 Å². The van der Waals surface area contributed by atoms with Crippen LogP contribution in [0.1, 0.15) is 56.8 Å². The van der Waals surface area contributed by atoms with Crippen LogP contribution >= 0.6 is 0 Å². The standard InChI is InChI=1S/C11H19N3O/c1-2-9-13-11(15-14-9)10(12)8-6-4-3-5-7-8/h8,10H,2-7,12H2,1H3. The lowest BCUT2D eigenvalue weighted by Crippen LogP contribution is -2.23. The number of aromatic nitrogens is 2. The molecule has 1 unspecified atom stereocenters. The Kier molecular flexibility index (Phi) is 3.36. The third-order valence-electron chi connectivity index (χ3n) is 3.24. The number of nitrogens with two attached hydrogens (primary N) is 1. The van der Waals surface area contributed by atoms with Crippen LogP contribution in [0.25, 0.3) is 0 Å². The van der Waals surface area contributed by atoms with Gasteiger partial charge in [0.15, 0.2) is 5.82 Å². The summed E-state index contributed by atoms with van der Waals surface area (Å²) in [6.45, 7) is 2.01. The summed E-state index contributed by atoms with van der Waals surface area (Å²) in [5.41, 5.74) is 6.14. The fraction of sp³-hybridized carbons (Fsp3) is 0.818. The molecule has 0 spiro atoms. The summed E-state index contributed by atoms with van der Waals surface area (Å²) in [5, 5.41) is 3.88. The van der Waals surface area contributed by atoms with Crippen molar-refractivity contribution in [1.82, 2.24) is 10.1 Å². The zero-order chi connectivity index (χ0) is 10.7. The lowest BCUT2D eigenvalue weighted by atomic mass is 9.84. The SMILES string of the molecule is CCc1noc(C(N)C2CCCCC2)n1. The van der Waals surface area contributed by atoms with Crippen LogP contribution in [0.2, 0.25) is 0 Å². The van der Waals surface area contributed by atoms with Gasteiger partial charge in [0.05, 0.1) is 6.04 Å². The number of hydrogen-bond donors (Lipinski definition) is 1. The third-order valence-corrected chi connectivity index (χ3v) is 3.24. The minimum atomic E-state index is -0.0573. The first-order chi connectivity index (χ1) is 7.31. The van der Waals surface area contributed by atoms with Crippen molar-refractivity contribution >= 4 is 0 Å². The molecule has 1 heterocycles. The topological polar surface area (TPSA) is 64.9 Å². The first kappa shape index (κ1) is 10.6. The first-order valence-corrected chi connectivity index (χ1v) is 5.89. The van der Waals surface area contributed by atoms with Crippen LogP contribution < -0.4 is 5.73 Å². The van der Waals surface area contributed by atoms with Gasteiger partial charge in [0, 0.05) is 6.42 Å². The second-order valence-corrected chi connectivity index (χ2v) is 4.33. The summed E-state index contributed by atoms with van der Waals surface area (Å²) in [4.78, 5) is 4.30. The van der Waals surface area contributed by atoms with Gasteiger partial charge in [-0.15, -0.1) is 0 Å². The van der Waals surface area contributed by atoms with E-state index >= 15 is 0 Å². The highest BCUT2D eigenvalue weighted by Crippen LogP contribution is 2.32. The van der Waals surface area contributed by atoms with Crippen molar-refractivity contribution < 1.29 is 4.52 Å². The van der Waals surface area contributed by atoms with Crippen LogP contribution in [0.15, 0.2) is 4.52 Å². The zero-order valence-corrected chi connectivity index (χ0v) is 9.28. The van der Waals surface area contributed by atoms with Crippen LogP contribution in [0.4, 0.5) is 0 Å². The number of rotatable bonds is 3. The molecule has 4 nitrogen and oxygen atoms in total. The van der Waals surface area contributed by atoms with E-state index in [1.54, 1.807) is 0 Å². The van der Waals surface area contributed by atoms with Crippen molar-refractivity contribution in [3.8, 4) is 0 Å². The Morgan fingerprint density at radius 2 is 2.13 bits per heavy atom. The van der Waals surface area contributed by atoms with Crippen molar-refractivity contribution in [2.75, 3.05) is 0 Å². The second kappa shape index (κ2) is 4.75. The number of aryl methyl sites for hydroxylation is 1. The van der Waals surface area contributed by atoms with Gasteiger partial charge in [0.2, 0.25) is 5.89 Å². The first-order valence-electron chi connectivity index (χ1n) is 5.89. The van der Waals surface area contributed by atoms with Gasteiger partial charge in [0.25, 0.3) is 0 Å². The van der Waals surface area contributed by atoms with Gasteiger partial charge in [-0.2, -0.15) is 4.98 Å². The van der Waals surface area contributed by atoms with Crippen molar-refractivity contribution in [2.24, 2.45) is 11.7 Å². The monoisotopic (exact) mass is 209 g/mol. The predicted molar refractivity (Wildman–Crippen MR) is 57.2 cm³/mol. The van der Waals surface area contributed by atoms with E-state index in [0.29, 0.717) is 11.8 Å². The summed E-state index contributed by atoms with van der Waals surface area (Å²) < 4.78 is 5.18. The van der Waals surface area contributed by atoms with Gasteiger partial charge in [-0.25, -0.2) is 0 Å². The highest BCUT2D eigenvalue weighted by molar-refractivity contribution is 4.94. The van der Waals surface area contributed by atoms with Crippen LogP contribution in [-0.4, -0.2) is 10.1 Å². The van der Waals surface area contributed by atoms with Crippen molar-refractivity contribution in [3.63, 3.8) is 0 Å². The molecule has 1 atom stereocenters. The average molecular weight is 209 g/mol. The zero-order valence-electron chi connectivity index (χ0n) is 9.28. The molecular weight excluding hydrogens is 190 g/mol. The maximum Gasteiger partial charge on any atom is 0.243 e. The molecule has 1 aliphatic carbocycles. The van der Waals surface area contributed by atoms with Gasteiger partial charge >= 0.3 is 0 Å². The van der Waals surface area contributed by atoms with E-state index in [1.165, 1.54) is 32.1 Å². The molecule has 1 saturated carbocycles. The van der Waals surface area contributed by atoms with Gasteiger partial charge in [-0.3, -0.25) is 0 Å². The number of nitrogens with zero attached hydrogens (tertiary/aromatic N) is 2. The van der Waals surface area contributed by atoms with Crippen LogP contribution in [0.5, 0.6) is 0 Å². The molecular formula is C11H19N3O. The fourth-order valence-corrected chi connectivity index (χ4v) is 2.24. The highest BCUT2D eigenvalue weighted by atomic mass is 16.5. The van der Waals surface area contributed by atoms with E-state index < -0.39 is 0 Å². The molecule has 0 saturated heterocycles. The van der Waals surface area contributed by atoms with E-state index in [4.69, 9.17) is 10.3 Å². The lowest BCUT2D eigenvalue weighted by Gasteiger charge is -2.24. The number of hydrogen-bond acceptors (Lipinski definition) is 4. The highest BCUT2D eigenvalue weighted by Gasteiger charge is 2.25. The summed E-state index contributed by atoms with van der Waals surface area (Å²) in [5.74, 6) is 1.92. The summed E-state index contributed by atoms with van der Waals surface area (Å²) in [7, 11) is 0. The maximum atomic E-state index is 6.14. The molecule has 1 aromatic rings. The normalized spacial score (nSPS) is 20.4. The molecule has 2 N–H and O–H groups in total. The predicted octanol–water partition coefficient (Wildman–Crippen LogP) is 2.21. The Hall–Kier alpha value is -0.900. The Morgan fingerprint density at radius 1 is 1.40 bits per heavy atom. The van der Waals surface area contributed by atoms with Gasteiger partial charge in [-0.05, 0) is 18.8 Å². The average Bonchev–Trinajstić information content (AvgIpc) is 2.78. The van der Waals surface area contributed by atoms with Gasteiger partial charge in [-0.1, -0.05) is 31.3 Å². The molecule has 0 bridgehead atoms. The van der Waals surface area contributed by atoms with E-state index in [0.717, 1.165) is 12.2 Å². The lowest BCUT2D eigenvalue weighted by molar-refractivity contribution is 0.255. The Bertz CT molecular complexity index is 305. The molecule has 0 aliphatic heterocycles. The minimum absolute atomic E-state index is 0.0573. The van der Waals surface area contributed by atoms with E-state index in [1.807, 2.05) is 6.92 Å². The molecule has 4 heteroatoms. The van der Waals surface area contributed by atoms with Gasteiger partial charge < -0.3 is 10.3 Å². The smallest absolute Gasteiger partial charge is 0.243 e. The van der Waals surface area contributed by atoms with E-state index in [9.17, 15) is 0 Å². The molecule has 0 radical (unpaired) electrons. The summed E-state index contributed by atoms with van der Waals surface area (Å²) in [6, 6.07) is -0.0573. The van der Waals surface area contributed by atoms with Crippen molar-refractivity contribution in [3.05, 3.63) is 11.7 Å². The molecule has 1 aliphatic rings. The minimum Gasteiger partial charge on any atom is -0.338 e. The fourth-order valence-electron chi connectivity index (χ4n) is 2.24. The largest absolute Gasteiger partial charge is 0.338 e. The molecule has 1 fully saturated rings. The second-order valence-electron chi connectivity index (χ2n) is 4.33. The molecule has 0 amide bonds. The third kappa shape index (κ3) is 2.37. The van der Waals surface area contributed by atoms with E-state index in [2.05, 4.69) is 10.1 Å². The molecule has 1 aromatic heterocycles. The Morgan fingerprint density at radius 3 is 2.73 bits per heavy atom. The molecule has 0 aromatic carbocycles. The quantitative estimate of drug-likeness (QED) is 0.829. The molecule has 2 rings (SSSR count). The maximum absolute atomic E-state index is 6.14. The van der Waals surface area contributed by atoms with Crippen molar-refractivity contribution in [1.29, 1.82) is 0 Å². The van der Waals surface area contributed by atoms with Crippen molar-refractivity contribution in [2.45, 2.75) is 51.5 Å². The molecule has 84 valence electrons. The van der Waals surface area contributed by atoms with Gasteiger partial charge in [0.1, 0.15) is 0 Å². The van der Waals surface area contributed by atoms with Crippen LogP contribution in [0.3, 0.4) is 0 Å². The van der Waals surface area contributed by atoms with E-state index in [-0.39, 0.29) is 6.04 Å². The summed E-state index contributed by atoms with van der Waals surface area (Å²) >= 11 is 0. The summed E-state index contributed by atoms with van der Waals surface area (Å²) in [6.07, 6.45) is 7.12. The Balaban J connectivity index is 2.02.